The Balaban J connectivity index is 2.50. The van der Waals surface area contributed by atoms with Crippen molar-refractivity contribution >= 4 is 11.8 Å². The summed E-state index contributed by atoms with van der Waals surface area (Å²) in [6, 6.07) is -0.366. The molecule has 1 heterocycles. The summed E-state index contributed by atoms with van der Waals surface area (Å²) in [4.78, 5) is 26.1. The molecule has 0 aliphatic carbocycles. The van der Waals surface area contributed by atoms with Gasteiger partial charge < -0.3 is 19.7 Å². The van der Waals surface area contributed by atoms with E-state index in [1.807, 2.05) is 6.92 Å². The van der Waals surface area contributed by atoms with Gasteiger partial charge in [-0.15, -0.1) is 0 Å². The summed E-state index contributed by atoms with van der Waals surface area (Å²) in [6.45, 7) is 7.61. The second-order valence-electron chi connectivity index (χ2n) is 5.50. The summed E-state index contributed by atoms with van der Waals surface area (Å²) >= 11 is 0. The van der Waals surface area contributed by atoms with Gasteiger partial charge in [0.2, 0.25) is 11.8 Å². The number of nitrogens with zero attached hydrogens (tertiary/aromatic N) is 1. The van der Waals surface area contributed by atoms with Gasteiger partial charge in [-0.2, -0.15) is 0 Å². The molecule has 0 spiro atoms. The minimum atomic E-state index is -0.820. The first-order valence-electron chi connectivity index (χ1n) is 7.13. The molecule has 0 radical (unpaired) electrons. The van der Waals surface area contributed by atoms with Gasteiger partial charge in [0.1, 0.15) is 11.6 Å². The van der Waals surface area contributed by atoms with Crippen LogP contribution in [0.1, 0.15) is 33.6 Å². The average Bonchev–Trinajstić information content (AvgIpc) is 2.38. The molecule has 6 heteroatoms. The highest BCUT2D eigenvalue weighted by molar-refractivity contribution is 5.99. The minimum absolute atomic E-state index is 0.0270. The van der Waals surface area contributed by atoms with E-state index in [0.717, 1.165) is 6.42 Å². The van der Waals surface area contributed by atoms with Crippen LogP contribution in [0.4, 0.5) is 0 Å². The zero-order valence-electron chi connectivity index (χ0n) is 12.9. The summed E-state index contributed by atoms with van der Waals surface area (Å²) in [5, 5.41) is 2.78. The molecule has 0 aromatic carbocycles. The summed E-state index contributed by atoms with van der Waals surface area (Å²) in [6.07, 6.45) is 1.34. The number of carbonyl (C=O) groups excluding carboxylic acids is 2. The largest absolute Gasteiger partial charge is 0.382 e. The Hall–Kier alpha value is -1.14. The summed E-state index contributed by atoms with van der Waals surface area (Å²) < 4.78 is 10.3. The van der Waals surface area contributed by atoms with Gasteiger partial charge in [-0.3, -0.25) is 9.59 Å². The molecule has 1 atom stereocenters. The molecule has 1 aliphatic heterocycles. The predicted octanol–water partition coefficient (Wildman–Crippen LogP) is 0.555. The number of ether oxygens (including phenoxy) is 2. The SMILES string of the molecule is CCC1C(=O)NC(C)(C)C(=O)N1CCCOCCOC. The van der Waals surface area contributed by atoms with Gasteiger partial charge in [-0.1, -0.05) is 6.92 Å². The molecule has 6 nitrogen and oxygen atoms in total. The highest BCUT2D eigenvalue weighted by Gasteiger charge is 2.43. The number of piperazine rings is 1. The van der Waals surface area contributed by atoms with Crippen LogP contribution in [0.15, 0.2) is 0 Å². The Morgan fingerprint density at radius 2 is 1.95 bits per heavy atom. The van der Waals surface area contributed by atoms with E-state index in [4.69, 9.17) is 9.47 Å². The fourth-order valence-corrected chi connectivity index (χ4v) is 2.33. The number of hydrogen-bond acceptors (Lipinski definition) is 4. The van der Waals surface area contributed by atoms with E-state index in [1.54, 1.807) is 25.9 Å². The number of hydrogen-bond donors (Lipinski definition) is 1. The van der Waals surface area contributed by atoms with Crippen LogP contribution >= 0.6 is 0 Å². The van der Waals surface area contributed by atoms with Crippen LogP contribution in [0, 0.1) is 0 Å². The average molecular weight is 286 g/mol. The minimum Gasteiger partial charge on any atom is -0.382 e. The van der Waals surface area contributed by atoms with Gasteiger partial charge in [0.05, 0.1) is 13.2 Å². The van der Waals surface area contributed by atoms with Gasteiger partial charge in [0.15, 0.2) is 0 Å². The lowest BCUT2D eigenvalue weighted by Crippen LogP contribution is -2.68. The van der Waals surface area contributed by atoms with Crippen molar-refractivity contribution in [2.24, 2.45) is 0 Å². The third-order valence-electron chi connectivity index (χ3n) is 3.42. The van der Waals surface area contributed by atoms with Crippen molar-refractivity contribution in [2.75, 3.05) is 33.5 Å². The van der Waals surface area contributed by atoms with Crippen LogP contribution in [-0.2, 0) is 19.1 Å². The Morgan fingerprint density at radius 1 is 1.25 bits per heavy atom. The van der Waals surface area contributed by atoms with Crippen molar-refractivity contribution in [1.29, 1.82) is 0 Å². The van der Waals surface area contributed by atoms with Crippen LogP contribution in [-0.4, -0.2) is 61.8 Å². The number of carbonyl (C=O) groups is 2. The van der Waals surface area contributed by atoms with Gasteiger partial charge in [0.25, 0.3) is 0 Å². The zero-order valence-corrected chi connectivity index (χ0v) is 12.9. The van der Waals surface area contributed by atoms with Gasteiger partial charge in [-0.05, 0) is 26.7 Å². The number of nitrogens with one attached hydrogen (secondary N) is 1. The van der Waals surface area contributed by atoms with Crippen LogP contribution in [0.25, 0.3) is 0 Å². The van der Waals surface area contributed by atoms with Crippen molar-refractivity contribution in [3.05, 3.63) is 0 Å². The van der Waals surface area contributed by atoms with E-state index >= 15 is 0 Å². The number of amides is 2. The van der Waals surface area contributed by atoms with Crippen molar-refractivity contribution in [3.8, 4) is 0 Å². The maximum absolute atomic E-state index is 12.4. The molecule has 0 aromatic heterocycles. The lowest BCUT2D eigenvalue weighted by Gasteiger charge is -2.42. The lowest BCUT2D eigenvalue weighted by molar-refractivity contribution is -0.153. The van der Waals surface area contributed by atoms with Crippen molar-refractivity contribution in [2.45, 2.75) is 45.2 Å². The molecule has 1 N–H and O–H groups in total. The second kappa shape index (κ2) is 7.59. The van der Waals surface area contributed by atoms with Gasteiger partial charge in [0, 0.05) is 20.3 Å². The van der Waals surface area contributed by atoms with E-state index < -0.39 is 5.54 Å². The molecule has 1 aliphatic rings. The van der Waals surface area contributed by atoms with E-state index in [9.17, 15) is 9.59 Å². The Kier molecular flexibility index (Phi) is 6.42. The zero-order chi connectivity index (χ0) is 15.2. The molecule has 20 heavy (non-hydrogen) atoms. The lowest BCUT2D eigenvalue weighted by atomic mass is 9.95. The van der Waals surface area contributed by atoms with Crippen molar-refractivity contribution in [3.63, 3.8) is 0 Å². The third-order valence-corrected chi connectivity index (χ3v) is 3.42. The van der Waals surface area contributed by atoms with Crippen LogP contribution in [0.2, 0.25) is 0 Å². The standard InChI is InChI=1S/C14H26N2O4/c1-5-11-12(17)15-14(2,3)13(18)16(11)7-6-8-20-10-9-19-4/h11H,5-10H2,1-4H3,(H,15,17). The highest BCUT2D eigenvalue weighted by Crippen LogP contribution is 2.20. The van der Waals surface area contributed by atoms with E-state index in [0.29, 0.717) is 32.8 Å². The smallest absolute Gasteiger partial charge is 0.248 e. The van der Waals surface area contributed by atoms with Gasteiger partial charge >= 0.3 is 0 Å². The van der Waals surface area contributed by atoms with E-state index in [2.05, 4.69) is 5.32 Å². The van der Waals surface area contributed by atoms with Gasteiger partial charge in [-0.25, -0.2) is 0 Å². The molecular formula is C14H26N2O4. The molecular weight excluding hydrogens is 260 g/mol. The Labute approximate surface area is 120 Å². The van der Waals surface area contributed by atoms with Crippen molar-refractivity contribution in [1.82, 2.24) is 10.2 Å². The topological polar surface area (TPSA) is 67.9 Å². The molecule has 1 unspecified atom stereocenters. The quantitative estimate of drug-likeness (QED) is 0.662. The molecule has 1 rings (SSSR count). The molecule has 0 saturated carbocycles. The van der Waals surface area contributed by atoms with Crippen LogP contribution in [0.5, 0.6) is 0 Å². The fourth-order valence-electron chi connectivity index (χ4n) is 2.33. The highest BCUT2D eigenvalue weighted by atomic mass is 16.5. The first-order valence-corrected chi connectivity index (χ1v) is 7.13. The molecule has 1 fully saturated rings. The number of methoxy groups -OCH3 is 1. The molecule has 116 valence electrons. The maximum Gasteiger partial charge on any atom is 0.248 e. The van der Waals surface area contributed by atoms with E-state index in [1.165, 1.54) is 0 Å². The van der Waals surface area contributed by atoms with Crippen LogP contribution < -0.4 is 5.32 Å². The Morgan fingerprint density at radius 3 is 2.55 bits per heavy atom. The number of rotatable bonds is 8. The fraction of sp³-hybridized carbons (Fsp3) is 0.857. The first kappa shape index (κ1) is 16.9. The second-order valence-corrected chi connectivity index (χ2v) is 5.50. The molecule has 0 aromatic rings. The molecule has 0 bridgehead atoms. The summed E-state index contributed by atoms with van der Waals surface area (Å²) in [7, 11) is 1.63. The Bertz CT molecular complexity index is 344. The first-order chi connectivity index (χ1) is 9.44. The summed E-state index contributed by atoms with van der Waals surface area (Å²) in [5.74, 6) is -0.0988. The van der Waals surface area contributed by atoms with E-state index in [-0.39, 0.29) is 17.9 Å². The van der Waals surface area contributed by atoms with Crippen molar-refractivity contribution < 1.29 is 19.1 Å². The normalized spacial score (nSPS) is 22.0. The third kappa shape index (κ3) is 4.18. The monoisotopic (exact) mass is 286 g/mol. The molecule has 1 saturated heterocycles. The molecule has 2 amide bonds. The van der Waals surface area contributed by atoms with Crippen LogP contribution in [0.3, 0.4) is 0 Å². The maximum atomic E-state index is 12.4. The summed E-state index contributed by atoms with van der Waals surface area (Å²) in [5.41, 5.74) is -0.820. The predicted molar refractivity (Wildman–Crippen MR) is 75.3 cm³/mol.